The van der Waals surface area contributed by atoms with Gasteiger partial charge < -0.3 is 0 Å². The molecule has 0 heterocycles. The van der Waals surface area contributed by atoms with E-state index in [0.717, 1.165) is 42.4 Å². The van der Waals surface area contributed by atoms with Gasteiger partial charge in [-0.2, -0.15) is 0 Å². The quantitative estimate of drug-likeness (QED) is 0.591. The van der Waals surface area contributed by atoms with Crippen molar-refractivity contribution in [1.82, 2.24) is 0 Å². The molecule has 3 fully saturated rings. The predicted octanol–water partition coefficient (Wildman–Crippen LogP) is 6.18. The van der Waals surface area contributed by atoms with E-state index >= 15 is 0 Å². The van der Waals surface area contributed by atoms with Crippen LogP contribution in [0, 0.1) is 40.4 Å². The van der Waals surface area contributed by atoms with Crippen LogP contribution in [-0.4, -0.2) is 5.78 Å². The predicted molar refractivity (Wildman–Crippen MR) is 99.7 cm³/mol. The maximum Gasteiger partial charge on any atom is 0.155 e. The van der Waals surface area contributed by atoms with Gasteiger partial charge in [0.25, 0.3) is 0 Å². The number of carbonyl (C=O) groups is 1. The summed E-state index contributed by atoms with van der Waals surface area (Å²) < 4.78 is 0. The van der Waals surface area contributed by atoms with Crippen LogP contribution in [0.4, 0.5) is 0 Å². The fraction of sp³-hybridized carbons (Fsp3) is 0.870. The van der Waals surface area contributed by atoms with Crippen LogP contribution in [0.25, 0.3) is 0 Å². The maximum absolute atomic E-state index is 11.9. The summed E-state index contributed by atoms with van der Waals surface area (Å²) in [4.78, 5) is 11.9. The number of ketones is 1. The van der Waals surface area contributed by atoms with Crippen LogP contribution in [0.2, 0.25) is 0 Å². The third-order valence-corrected chi connectivity index (χ3v) is 9.37. The average Bonchev–Trinajstić information content (AvgIpc) is 2.92. The standard InChI is InChI=1S/C23H36O/c1-5-15(2)19-8-9-20-18-7-6-16-14-17(24)10-12-22(16,3)21(18)11-13-23(19,20)4/h14-15,18-21H,5-13H2,1-4H3/t15?,18?,19-,20?,21?,22+,23-/m1/s1. The number of allylic oxidation sites excluding steroid dienone is 1. The van der Waals surface area contributed by atoms with Gasteiger partial charge in [-0.15, -0.1) is 0 Å². The second kappa shape index (κ2) is 5.71. The largest absolute Gasteiger partial charge is 0.295 e. The van der Waals surface area contributed by atoms with E-state index in [2.05, 4.69) is 27.7 Å². The summed E-state index contributed by atoms with van der Waals surface area (Å²) in [6.07, 6.45) is 13.6. The van der Waals surface area contributed by atoms with Crippen molar-refractivity contribution in [2.45, 2.75) is 85.5 Å². The van der Waals surface area contributed by atoms with Gasteiger partial charge in [0, 0.05) is 6.42 Å². The fourth-order valence-corrected chi connectivity index (χ4v) is 7.82. The zero-order valence-corrected chi connectivity index (χ0v) is 16.2. The molecule has 0 aliphatic heterocycles. The van der Waals surface area contributed by atoms with E-state index in [-0.39, 0.29) is 0 Å². The lowest BCUT2D eigenvalue weighted by molar-refractivity contribution is -0.117. The molecule has 4 rings (SSSR count). The third-order valence-electron chi connectivity index (χ3n) is 9.37. The molecule has 0 aromatic heterocycles. The van der Waals surface area contributed by atoms with Gasteiger partial charge in [0.05, 0.1) is 0 Å². The van der Waals surface area contributed by atoms with Gasteiger partial charge in [-0.1, -0.05) is 39.7 Å². The van der Waals surface area contributed by atoms with Crippen LogP contribution in [0.5, 0.6) is 0 Å². The molecule has 0 spiro atoms. The zero-order valence-electron chi connectivity index (χ0n) is 16.2. The van der Waals surface area contributed by atoms with Crippen LogP contribution in [-0.2, 0) is 4.79 Å². The molecule has 134 valence electrons. The molecule has 24 heavy (non-hydrogen) atoms. The lowest BCUT2D eigenvalue weighted by Crippen LogP contribution is -2.50. The monoisotopic (exact) mass is 328 g/mol. The van der Waals surface area contributed by atoms with Gasteiger partial charge in [0.2, 0.25) is 0 Å². The second-order valence-corrected chi connectivity index (χ2v) is 10.1. The first kappa shape index (κ1) is 16.9. The molecule has 1 nitrogen and oxygen atoms in total. The van der Waals surface area contributed by atoms with Crippen molar-refractivity contribution >= 4 is 5.78 Å². The van der Waals surface area contributed by atoms with Gasteiger partial charge in [-0.3, -0.25) is 4.79 Å². The molecule has 0 aromatic rings. The molecule has 0 amide bonds. The van der Waals surface area contributed by atoms with Crippen LogP contribution < -0.4 is 0 Å². The molecule has 0 aromatic carbocycles. The Morgan fingerprint density at radius 1 is 1.08 bits per heavy atom. The minimum atomic E-state index is 0.340. The van der Waals surface area contributed by atoms with Gasteiger partial charge in [-0.05, 0) is 91.4 Å². The van der Waals surface area contributed by atoms with Crippen molar-refractivity contribution in [2.24, 2.45) is 40.4 Å². The smallest absolute Gasteiger partial charge is 0.155 e. The summed E-state index contributed by atoms with van der Waals surface area (Å²) in [6.45, 7) is 10.0. The van der Waals surface area contributed by atoms with E-state index in [1.807, 2.05) is 6.08 Å². The summed E-state index contributed by atoms with van der Waals surface area (Å²) in [5.74, 6) is 4.95. The molecular weight excluding hydrogens is 292 g/mol. The van der Waals surface area contributed by atoms with Crippen molar-refractivity contribution < 1.29 is 4.79 Å². The molecule has 0 bridgehead atoms. The van der Waals surface area contributed by atoms with E-state index < -0.39 is 0 Å². The Kier molecular flexibility index (Phi) is 4.01. The highest BCUT2D eigenvalue weighted by Crippen LogP contribution is 2.67. The van der Waals surface area contributed by atoms with Crippen molar-refractivity contribution in [3.63, 3.8) is 0 Å². The van der Waals surface area contributed by atoms with Gasteiger partial charge >= 0.3 is 0 Å². The Morgan fingerprint density at radius 2 is 1.88 bits per heavy atom. The highest BCUT2D eigenvalue weighted by atomic mass is 16.1. The van der Waals surface area contributed by atoms with Crippen molar-refractivity contribution in [3.05, 3.63) is 11.6 Å². The first-order chi connectivity index (χ1) is 11.4. The van der Waals surface area contributed by atoms with Crippen molar-refractivity contribution in [2.75, 3.05) is 0 Å². The molecule has 0 radical (unpaired) electrons. The topological polar surface area (TPSA) is 17.1 Å². The Morgan fingerprint density at radius 3 is 2.62 bits per heavy atom. The SMILES string of the molecule is CCC(C)[C@H]1CCC2C3CCC4=CC(=O)CC[C@]4(C)C3CC[C@@]21C. The number of fused-ring (bicyclic) bond motifs is 5. The molecule has 1 heteroatoms. The molecule has 4 aliphatic rings. The fourth-order valence-electron chi connectivity index (χ4n) is 7.82. The van der Waals surface area contributed by atoms with Crippen LogP contribution in [0.3, 0.4) is 0 Å². The zero-order chi connectivity index (χ0) is 17.1. The molecule has 3 saturated carbocycles. The number of hydrogen-bond acceptors (Lipinski definition) is 1. The third kappa shape index (κ3) is 2.22. The molecule has 4 unspecified atom stereocenters. The Labute approximate surface area is 148 Å². The molecule has 0 N–H and O–H groups in total. The summed E-state index contributed by atoms with van der Waals surface area (Å²) in [5.41, 5.74) is 2.45. The summed E-state index contributed by atoms with van der Waals surface area (Å²) in [6, 6.07) is 0. The lowest BCUT2D eigenvalue weighted by Gasteiger charge is -2.58. The summed E-state index contributed by atoms with van der Waals surface area (Å²) in [5, 5.41) is 0. The van der Waals surface area contributed by atoms with Gasteiger partial charge in [-0.25, -0.2) is 0 Å². The van der Waals surface area contributed by atoms with Gasteiger partial charge in [0.1, 0.15) is 0 Å². The highest BCUT2D eigenvalue weighted by molar-refractivity contribution is 5.91. The Bertz CT molecular complexity index is 560. The van der Waals surface area contributed by atoms with E-state index in [0.29, 0.717) is 16.6 Å². The number of hydrogen-bond donors (Lipinski definition) is 0. The van der Waals surface area contributed by atoms with Crippen LogP contribution in [0.15, 0.2) is 11.6 Å². The van der Waals surface area contributed by atoms with E-state index in [1.165, 1.54) is 50.5 Å². The molecule has 0 saturated heterocycles. The normalized spacial score (nSPS) is 49.0. The highest BCUT2D eigenvalue weighted by Gasteiger charge is 2.59. The second-order valence-electron chi connectivity index (χ2n) is 10.1. The number of carbonyl (C=O) groups excluding carboxylic acids is 1. The van der Waals surface area contributed by atoms with E-state index in [4.69, 9.17) is 0 Å². The first-order valence-electron chi connectivity index (χ1n) is 10.6. The van der Waals surface area contributed by atoms with Crippen molar-refractivity contribution in [1.29, 1.82) is 0 Å². The average molecular weight is 329 g/mol. The molecule has 4 aliphatic carbocycles. The first-order valence-corrected chi connectivity index (χ1v) is 10.6. The minimum absolute atomic E-state index is 0.340. The molecule has 7 atom stereocenters. The summed E-state index contributed by atoms with van der Waals surface area (Å²) in [7, 11) is 0. The summed E-state index contributed by atoms with van der Waals surface area (Å²) >= 11 is 0. The Hall–Kier alpha value is -0.590. The van der Waals surface area contributed by atoms with Crippen LogP contribution in [0.1, 0.15) is 85.5 Å². The van der Waals surface area contributed by atoms with Gasteiger partial charge in [0.15, 0.2) is 5.78 Å². The Balaban J connectivity index is 1.63. The van der Waals surface area contributed by atoms with E-state index in [9.17, 15) is 4.79 Å². The van der Waals surface area contributed by atoms with Crippen molar-refractivity contribution in [3.8, 4) is 0 Å². The maximum atomic E-state index is 11.9. The van der Waals surface area contributed by atoms with E-state index in [1.54, 1.807) is 0 Å². The number of rotatable bonds is 2. The minimum Gasteiger partial charge on any atom is -0.295 e. The molecular formula is C23H36O. The van der Waals surface area contributed by atoms with Crippen LogP contribution >= 0.6 is 0 Å². The lowest BCUT2D eigenvalue weighted by atomic mass is 9.46.